The highest BCUT2D eigenvalue weighted by molar-refractivity contribution is 6.02. The standard InChI is InChI=1S/C10H14O7/c1-3-5(7(11)12)9(15)17-10(16)6(4-2)8(13)14/h5-6H,3-4H2,1-2H3,(H,11,12)(H,13,14). The Bertz CT molecular complexity index is 302. The number of rotatable bonds is 6. The maximum atomic E-state index is 11.3. The van der Waals surface area contributed by atoms with Crippen LogP contribution in [0.15, 0.2) is 0 Å². The van der Waals surface area contributed by atoms with E-state index in [-0.39, 0.29) is 12.8 Å². The average Bonchev–Trinajstić information content (AvgIpc) is 2.17. The highest BCUT2D eigenvalue weighted by Gasteiger charge is 2.32. The highest BCUT2D eigenvalue weighted by Crippen LogP contribution is 2.10. The quantitative estimate of drug-likeness (QED) is 0.510. The third kappa shape index (κ3) is 4.21. The monoisotopic (exact) mass is 246 g/mol. The van der Waals surface area contributed by atoms with E-state index in [4.69, 9.17) is 10.2 Å². The Hall–Kier alpha value is -1.92. The second kappa shape index (κ2) is 6.62. The Morgan fingerprint density at radius 3 is 1.35 bits per heavy atom. The molecular weight excluding hydrogens is 232 g/mol. The minimum Gasteiger partial charge on any atom is -0.481 e. The molecule has 96 valence electrons. The van der Waals surface area contributed by atoms with Gasteiger partial charge in [0.15, 0.2) is 11.8 Å². The van der Waals surface area contributed by atoms with Crippen molar-refractivity contribution in [2.75, 3.05) is 0 Å². The molecule has 0 aliphatic heterocycles. The first-order valence-electron chi connectivity index (χ1n) is 5.06. The maximum absolute atomic E-state index is 11.3. The number of carbonyl (C=O) groups is 4. The SMILES string of the molecule is CCC(C(=O)O)C(=O)OC(=O)C(CC)C(=O)O. The number of hydrogen-bond donors (Lipinski definition) is 2. The molecule has 0 spiro atoms. The first kappa shape index (κ1) is 15.1. The average molecular weight is 246 g/mol. The van der Waals surface area contributed by atoms with Gasteiger partial charge in [-0.05, 0) is 12.8 Å². The highest BCUT2D eigenvalue weighted by atomic mass is 16.6. The first-order chi connectivity index (χ1) is 7.84. The van der Waals surface area contributed by atoms with Gasteiger partial charge >= 0.3 is 23.9 Å². The summed E-state index contributed by atoms with van der Waals surface area (Å²) in [5, 5.41) is 17.3. The van der Waals surface area contributed by atoms with Gasteiger partial charge in [-0.25, -0.2) is 0 Å². The zero-order valence-corrected chi connectivity index (χ0v) is 9.50. The molecule has 17 heavy (non-hydrogen) atoms. The number of hydrogen-bond acceptors (Lipinski definition) is 5. The van der Waals surface area contributed by atoms with Gasteiger partial charge in [-0.3, -0.25) is 19.2 Å². The Morgan fingerprint density at radius 1 is 0.882 bits per heavy atom. The molecule has 0 rings (SSSR count). The van der Waals surface area contributed by atoms with Crippen LogP contribution in [0.4, 0.5) is 0 Å². The summed E-state index contributed by atoms with van der Waals surface area (Å²) < 4.78 is 4.24. The summed E-state index contributed by atoms with van der Waals surface area (Å²) >= 11 is 0. The second-order valence-corrected chi connectivity index (χ2v) is 3.34. The predicted octanol–water partition coefficient (Wildman–Crippen LogP) is 0.278. The molecule has 0 bridgehead atoms. The molecule has 2 atom stereocenters. The van der Waals surface area contributed by atoms with Gasteiger partial charge in [-0.1, -0.05) is 13.8 Å². The molecule has 0 saturated heterocycles. The lowest BCUT2D eigenvalue weighted by atomic mass is 10.1. The van der Waals surface area contributed by atoms with Gasteiger partial charge in [0.25, 0.3) is 0 Å². The molecular formula is C10H14O7. The number of ether oxygens (including phenoxy) is 1. The van der Waals surface area contributed by atoms with E-state index in [0.717, 1.165) is 0 Å². The summed E-state index contributed by atoms with van der Waals surface area (Å²) in [6.07, 6.45) is -0.0728. The molecule has 0 aromatic carbocycles. The normalized spacial score (nSPS) is 13.5. The maximum Gasteiger partial charge on any atom is 0.327 e. The summed E-state index contributed by atoms with van der Waals surface area (Å²) in [6, 6.07) is 0. The Labute approximate surface area is 97.4 Å². The fourth-order valence-electron chi connectivity index (χ4n) is 1.13. The van der Waals surface area contributed by atoms with Gasteiger partial charge in [-0.2, -0.15) is 0 Å². The van der Waals surface area contributed by atoms with Crippen LogP contribution in [0.5, 0.6) is 0 Å². The molecule has 7 heteroatoms. The van der Waals surface area contributed by atoms with Crippen molar-refractivity contribution in [2.24, 2.45) is 11.8 Å². The number of carboxylic acid groups (broad SMARTS) is 2. The fraction of sp³-hybridized carbons (Fsp3) is 0.600. The fourth-order valence-corrected chi connectivity index (χ4v) is 1.13. The van der Waals surface area contributed by atoms with Crippen LogP contribution in [-0.2, 0) is 23.9 Å². The first-order valence-corrected chi connectivity index (χ1v) is 5.06. The molecule has 0 fully saturated rings. The van der Waals surface area contributed by atoms with Crippen LogP contribution in [0, 0.1) is 11.8 Å². The van der Waals surface area contributed by atoms with Crippen molar-refractivity contribution in [1.82, 2.24) is 0 Å². The van der Waals surface area contributed by atoms with Crippen LogP contribution in [-0.4, -0.2) is 34.1 Å². The third-order valence-electron chi connectivity index (χ3n) is 2.18. The van der Waals surface area contributed by atoms with Crippen molar-refractivity contribution in [3.63, 3.8) is 0 Å². The van der Waals surface area contributed by atoms with Crippen LogP contribution >= 0.6 is 0 Å². The zero-order valence-electron chi connectivity index (χ0n) is 9.50. The molecule has 2 unspecified atom stereocenters. The lowest BCUT2D eigenvalue weighted by Gasteiger charge is -2.11. The van der Waals surface area contributed by atoms with E-state index >= 15 is 0 Å². The molecule has 0 radical (unpaired) electrons. The third-order valence-corrected chi connectivity index (χ3v) is 2.18. The van der Waals surface area contributed by atoms with Crippen molar-refractivity contribution in [1.29, 1.82) is 0 Å². The number of esters is 2. The van der Waals surface area contributed by atoms with E-state index in [1.165, 1.54) is 13.8 Å². The Morgan fingerprint density at radius 2 is 1.18 bits per heavy atom. The summed E-state index contributed by atoms with van der Waals surface area (Å²) in [6.45, 7) is 2.89. The van der Waals surface area contributed by atoms with Crippen molar-refractivity contribution in [3.8, 4) is 0 Å². The van der Waals surface area contributed by atoms with Gasteiger partial charge in [0.2, 0.25) is 0 Å². The van der Waals surface area contributed by atoms with Crippen molar-refractivity contribution < 1.29 is 34.1 Å². The zero-order chi connectivity index (χ0) is 13.6. The summed E-state index contributed by atoms with van der Waals surface area (Å²) in [4.78, 5) is 43.7. The second-order valence-electron chi connectivity index (χ2n) is 3.34. The molecule has 2 N–H and O–H groups in total. The van der Waals surface area contributed by atoms with Gasteiger partial charge in [0.1, 0.15) is 0 Å². The topological polar surface area (TPSA) is 118 Å². The number of aliphatic carboxylic acids is 2. The van der Waals surface area contributed by atoms with Crippen molar-refractivity contribution >= 4 is 23.9 Å². The van der Waals surface area contributed by atoms with Crippen LogP contribution in [0.2, 0.25) is 0 Å². The number of carbonyl (C=O) groups excluding carboxylic acids is 2. The van der Waals surface area contributed by atoms with Gasteiger partial charge < -0.3 is 14.9 Å². The van der Waals surface area contributed by atoms with Gasteiger partial charge in [0.05, 0.1) is 0 Å². The summed E-state index contributed by atoms with van der Waals surface area (Å²) in [5.74, 6) is -8.19. The summed E-state index contributed by atoms with van der Waals surface area (Å²) in [5.41, 5.74) is 0. The molecule has 0 aliphatic carbocycles. The lowest BCUT2D eigenvalue weighted by Crippen LogP contribution is -2.32. The minimum atomic E-state index is -1.45. The Balaban J connectivity index is 4.62. The van der Waals surface area contributed by atoms with Crippen LogP contribution in [0.1, 0.15) is 26.7 Å². The van der Waals surface area contributed by atoms with Crippen LogP contribution < -0.4 is 0 Å². The predicted molar refractivity (Wildman–Crippen MR) is 53.9 cm³/mol. The van der Waals surface area contributed by atoms with Gasteiger partial charge in [0, 0.05) is 0 Å². The van der Waals surface area contributed by atoms with Crippen molar-refractivity contribution in [2.45, 2.75) is 26.7 Å². The summed E-state index contributed by atoms with van der Waals surface area (Å²) in [7, 11) is 0. The van der Waals surface area contributed by atoms with E-state index in [1.807, 2.05) is 0 Å². The molecule has 0 saturated carbocycles. The molecule has 0 amide bonds. The van der Waals surface area contributed by atoms with Gasteiger partial charge in [-0.15, -0.1) is 0 Å². The molecule has 0 aromatic rings. The molecule has 7 nitrogen and oxygen atoms in total. The molecule has 0 aromatic heterocycles. The lowest BCUT2D eigenvalue weighted by molar-refractivity contribution is -0.171. The van der Waals surface area contributed by atoms with Crippen LogP contribution in [0.25, 0.3) is 0 Å². The molecule has 0 aliphatic rings. The largest absolute Gasteiger partial charge is 0.481 e. The minimum absolute atomic E-state index is 0.0364. The Kier molecular flexibility index (Phi) is 5.87. The van der Waals surface area contributed by atoms with E-state index in [1.54, 1.807) is 0 Å². The van der Waals surface area contributed by atoms with Crippen LogP contribution in [0.3, 0.4) is 0 Å². The van der Waals surface area contributed by atoms with E-state index in [9.17, 15) is 19.2 Å². The number of carboxylic acids is 2. The van der Waals surface area contributed by atoms with E-state index in [0.29, 0.717) is 0 Å². The smallest absolute Gasteiger partial charge is 0.327 e. The van der Waals surface area contributed by atoms with E-state index < -0.39 is 35.7 Å². The molecule has 0 heterocycles. The van der Waals surface area contributed by atoms with E-state index in [2.05, 4.69) is 4.74 Å². The van der Waals surface area contributed by atoms with Crippen molar-refractivity contribution in [3.05, 3.63) is 0 Å².